The molecule has 0 fully saturated rings. The van der Waals surface area contributed by atoms with Crippen LogP contribution in [0.25, 0.3) is 0 Å². The van der Waals surface area contributed by atoms with Crippen LogP contribution in [-0.4, -0.2) is 28.2 Å². The van der Waals surface area contributed by atoms with Crippen molar-refractivity contribution in [3.8, 4) is 0 Å². The molecule has 2 aromatic rings. The van der Waals surface area contributed by atoms with E-state index in [4.69, 9.17) is 4.74 Å². The van der Waals surface area contributed by atoms with Crippen molar-refractivity contribution in [1.29, 1.82) is 0 Å². The Morgan fingerprint density at radius 2 is 1.85 bits per heavy atom. The third kappa shape index (κ3) is 4.94. The third-order valence-corrected chi connectivity index (χ3v) is 4.46. The Hall–Kier alpha value is -2.63. The molecule has 1 amide bonds. The van der Waals surface area contributed by atoms with Crippen molar-refractivity contribution >= 4 is 17.6 Å². The molecule has 0 saturated carbocycles. The number of rotatable bonds is 7. The van der Waals surface area contributed by atoms with Gasteiger partial charge in [0, 0.05) is 11.4 Å². The van der Waals surface area contributed by atoms with Crippen LogP contribution in [0.1, 0.15) is 55.6 Å². The minimum atomic E-state index is -0.855. The van der Waals surface area contributed by atoms with E-state index < -0.39 is 12.1 Å². The molecule has 0 spiro atoms. The number of aromatic amines is 1. The summed E-state index contributed by atoms with van der Waals surface area (Å²) in [5, 5.41) is 9.84. The lowest BCUT2D eigenvalue weighted by atomic mass is 9.96. The van der Waals surface area contributed by atoms with Gasteiger partial charge >= 0.3 is 5.97 Å². The molecule has 2 rings (SSSR count). The highest BCUT2D eigenvalue weighted by Crippen LogP contribution is 2.24. The van der Waals surface area contributed by atoms with E-state index in [2.05, 4.69) is 22.4 Å². The Bertz CT molecular complexity index is 746. The molecule has 6 nitrogen and oxygen atoms in total. The predicted molar refractivity (Wildman–Crippen MR) is 101 cm³/mol. The average Bonchev–Trinajstić information content (AvgIpc) is 2.93. The molecule has 0 bridgehead atoms. The first-order chi connectivity index (χ1) is 12.3. The summed E-state index contributed by atoms with van der Waals surface area (Å²) >= 11 is 0. The number of amides is 1. The smallest absolute Gasteiger partial charge is 0.307 e. The Kier molecular flexibility index (Phi) is 6.55. The quantitative estimate of drug-likeness (QED) is 0.741. The number of carbonyl (C=O) groups excluding carboxylic acids is 2. The summed E-state index contributed by atoms with van der Waals surface area (Å²) in [6.07, 6.45) is 0.284. The van der Waals surface area contributed by atoms with E-state index in [1.165, 1.54) is 5.56 Å². The zero-order chi connectivity index (χ0) is 19.3. The van der Waals surface area contributed by atoms with Crippen LogP contribution in [0.3, 0.4) is 0 Å². The number of nitrogens with one attached hydrogen (secondary N) is 2. The number of aromatic nitrogens is 2. The highest BCUT2D eigenvalue weighted by molar-refractivity contribution is 5.95. The summed E-state index contributed by atoms with van der Waals surface area (Å²) in [7, 11) is 0. The maximum atomic E-state index is 12.2. The normalized spacial score (nSPS) is 13.1. The predicted octanol–water partition coefficient (Wildman–Crippen LogP) is 3.65. The molecule has 0 aliphatic rings. The zero-order valence-electron chi connectivity index (χ0n) is 16.1. The third-order valence-electron chi connectivity index (χ3n) is 4.46. The average molecular weight is 357 g/mol. The van der Waals surface area contributed by atoms with E-state index in [1.54, 1.807) is 6.92 Å². The first-order valence-electron chi connectivity index (χ1n) is 8.92. The van der Waals surface area contributed by atoms with Gasteiger partial charge in [0.1, 0.15) is 0 Å². The molecule has 2 N–H and O–H groups in total. The molecule has 0 radical (unpaired) electrons. The van der Waals surface area contributed by atoms with E-state index in [0.29, 0.717) is 5.69 Å². The molecule has 1 heterocycles. The van der Waals surface area contributed by atoms with Crippen LogP contribution in [0.4, 0.5) is 5.69 Å². The number of nitrogens with zero attached hydrogens (tertiary/aromatic N) is 1. The molecule has 0 aliphatic heterocycles. The highest BCUT2D eigenvalue weighted by Gasteiger charge is 2.22. The molecule has 6 heteroatoms. The van der Waals surface area contributed by atoms with Gasteiger partial charge in [-0.05, 0) is 56.4 Å². The number of ether oxygens (including phenoxy) is 1. The Labute approximate surface area is 154 Å². The minimum Gasteiger partial charge on any atom is -0.453 e. The zero-order valence-corrected chi connectivity index (χ0v) is 16.1. The molecule has 140 valence electrons. The van der Waals surface area contributed by atoms with E-state index in [-0.39, 0.29) is 18.2 Å². The second kappa shape index (κ2) is 8.65. The van der Waals surface area contributed by atoms with E-state index in [0.717, 1.165) is 23.4 Å². The summed E-state index contributed by atoms with van der Waals surface area (Å²) in [6, 6.07) is 7.61. The molecule has 0 unspecified atom stereocenters. The lowest BCUT2D eigenvalue weighted by Gasteiger charge is -2.16. The van der Waals surface area contributed by atoms with Crippen LogP contribution in [0, 0.1) is 13.8 Å². The van der Waals surface area contributed by atoms with Crippen molar-refractivity contribution in [2.45, 2.75) is 59.5 Å². The lowest BCUT2D eigenvalue weighted by molar-refractivity contribution is -0.153. The maximum Gasteiger partial charge on any atom is 0.307 e. The number of aryl methyl sites for hydroxylation is 3. The van der Waals surface area contributed by atoms with E-state index >= 15 is 0 Å². The first kappa shape index (κ1) is 19.7. The van der Waals surface area contributed by atoms with Gasteiger partial charge in [-0.15, -0.1) is 0 Å². The van der Waals surface area contributed by atoms with Crippen molar-refractivity contribution in [3.63, 3.8) is 0 Å². The molecule has 2 atom stereocenters. The minimum absolute atomic E-state index is 0.0295. The van der Waals surface area contributed by atoms with Crippen molar-refractivity contribution in [2.75, 3.05) is 5.32 Å². The van der Waals surface area contributed by atoms with Crippen LogP contribution in [-0.2, 0) is 20.7 Å². The van der Waals surface area contributed by atoms with Gasteiger partial charge in [-0.1, -0.05) is 26.0 Å². The van der Waals surface area contributed by atoms with Crippen molar-refractivity contribution in [1.82, 2.24) is 10.2 Å². The molecule has 1 aromatic heterocycles. The molecule has 0 aliphatic carbocycles. The van der Waals surface area contributed by atoms with Crippen LogP contribution in [0.15, 0.2) is 24.3 Å². The lowest BCUT2D eigenvalue weighted by Crippen LogP contribution is -2.30. The Balaban J connectivity index is 1.88. The standard InChI is InChI=1S/C20H27N3O3/c1-6-16-7-9-17(10-8-16)21-20(25)15(5)26-18(24)11-12(2)19-13(3)22-23-14(19)4/h7-10,12,15H,6,11H2,1-5H3,(H,21,25)(H,22,23)/t12-,15+/m0/s1. The van der Waals surface area contributed by atoms with E-state index in [9.17, 15) is 9.59 Å². The summed E-state index contributed by atoms with van der Waals surface area (Å²) in [5.41, 5.74) is 4.73. The fourth-order valence-electron chi connectivity index (χ4n) is 3.00. The fraction of sp³-hybridized carbons (Fsp3) is 0.450. The van der Waals surface area contributed by atoms with Crippen LogP contribution in [0.2, 0.25) is 0 Å². The number of carbonyl (C=O) groups is 2. The van der Waals surface area contributed by atoms with Crippen molar-refractivity contribution in [2.24, 2.45) is 0 Å². The molecule has 26 heavy (non-hydrogen) atoms. The molecule has 1 aromatic carbocycles. The topological polar surface area (TPSA) is 84.1 Å². The number of anilines is 1. The highest BCUT2D eigenvalue weighted by atomic mass is 16.5. The van der Waals surface area contributed by atoms with Gasteiger partial charge in [-0.25, -0.2) is 0 Å². The Morgan fingerprint density at radius 1 is 1.19 bits per heavy atom. The largest absolute Gasteiger partial charge is 0.453 e. The summed E-state index contributed by atoms with van der Waals surface area (Å²) < 4.78 is 5.30. The number of H-pyrrole nitrogens is 1. The van der Waals surface area contributed by atoms with Crippen molar-refractivity contribution in [3.05, 3.63) is 46.8 Å². The summed E-state index contributed by atoms with van der Waals surface area (Å²) in [6.45, 7) is 9.43. The number of hydrogen-bond donors (Lipinski definition) is 2. The molecule has 0 saturated heterocycles. The summed E-state index contributed by atoms with van der Waals surface area (Å²) in [4.78, 5) is 24.4. The van der Waals surface area contributed by atoms with Gasteiger partial charge in [0.05, 0.1) is 12.1 Å². The van der Waals surface area contributed by atoms with Gasteiger partial charge < -0.3 is 10.1 Å². The van der Waals surface area contributed by atoms with Gasteiger partial charge in [-0.3, -0.25) is 14.7 Å². The molecular weight excluding hydrogens is 330 g/mol. The van der Waals surface area contributed by atoms with Gasteiger partial charge in [-0.2, -0.15) is 5.10 Å². The van der Waals surface area contributed by atoms with Crippen LogP contribution >= 0.6 is 0 Å². The number of esters is 1. The summed E-state index contributed by atoms with van der Waals surface area (Å²) in [5.74, 6) is -0.773. The van der Waals surface area contributed by atoms with Crippen molar-refractivity contribution < 1.29 is 14.3 Å². The second-order valence-corrected chi connectivity index (χ2v) is 6.62. The number of benzene rings is 1. The molecular formula is C20H27N3O3. The van der Waals surface area contributed by atoms with Gasteiger partial charge in [0.15, 0.2) is 6.10 Å². The van der Waals surface area contributed by atoms with E-state index in [1.807, 2.05) is 45.0 Å². The van der Waals surface area contributed by atoms with Gasteiger partial charge in [0.25, 0.3) is 5.91 Å². The fourth-order valence-corrected chi connectivity index (χ4v) is 3.00. The second-order valence-electron chi connectivity index (χ2n) is 6.62. The maximum absolute atomic E-state index is 12.2. The first-order valence-corrected chi connectivity index (χ1v) is 8.92. The number of hydrogen-bond acceptors (Lipinski definition) is 4. The van der Waals surface area contributed by atoms with Crippen LogP contribution < -0.4 is 5.32 Å². The van der Waals surface area contributed by atoms with Gasteiger partial charge in [0.2, 0.25) is 0 Å². The van der Waals surface area contributed by atoms with Crippen LogP contribution in [0.5, 0.6) is 0 Å². The SMILES string of the molecule is CCc1ccc(NC(=O)[C@@H](C)OC(=O)C[C@H](C)c2c(C)n[nH]c2C)cc1. The monoisotopic (exact) mass is 357 g/mol. The Morgan fingerprint density at radius 3 is 2.38 bits per heavy atom.